The molecule has 2 aromatic rings. The zero-order valence-corrected chi connectivity index (χ0v) is 21.1. The van der Waals surface area contributed by atoms with Gasteiger partial charge in [0.15, 0.2) is 18.1 Å². The Morgan fingerprint density at radius 1 is 1.16 bits per heavy atom. The van der Waals surface area contributed by atoms with Gasteiger partial charge in [0.2, 0.25) is 0 Å². The van der Waals surface area contributed by atoms with Crippen LogP contribution in [0.3, 0.4) is 0 Å². The van der Waals surface area contributed by atoms with Crippen LogP contribution in [0.4, 0.5) is 4.79 Å². The third-order valence-corrected chi connectivity index (χ3v) is 6.58. The smallest absolute Gasteiger partial charge is 0.343 e. The van der Waals surface area contributed by atoms with Crippen LogP contribution in [0.1, 0.15) is 11.1 Å². The van der Waals surface area contributed by atoms with Gasteiger partial charge in [-0.3, -0.25) is 14.5 Å². The van der Waals surface area contributed by atoms with Crippen molar-refractivity contribution in [2.24, 2.45) is 0 Å². The molecule has 1 saturated heterocycles. The molecular weight excluding hydrogens is 601 g/mol. The lowest BCUT2D eigenvalue weighted by molar-refractivity contribution is -0.142. The van der Waals surface area contributed by atoms with Gasteiger partial charge in [0.25, 0.3) is 11.1 Å². The second-order valence-electron chi connectivity index (χ2n) is 6.28. The van der Waals surface area contributed by atoms with Crippen molar-refractivity contribution in [1.29, 1.82) is 0 Å². The number of rotatable bonds is 7. The van der Waals surface area contributed by atoms with Gasteiger partial charge < -0.3 is 14.2 Å². The zero-order chi connectivity index (χ0) is 22.5. The van der Waals surface area contributed by atoms with Crippen LogP contribution in [-0.2, 0) is 20.9 Å². The van der Waals surface area contributed by atoms with E-state index in [-0.39, 0.29) is 24.3 Å². The second-order valence-corrected chi connectivity index (χ2v) is 9.38. The molecular formula is C21H17BrINO6S. The SMILES string of the molecule is COC(=O)COc1cc(Br)c(/C=C2\SC(=O)N(Cc3ccc(I)cc3)C2=O)cc1OC. The minimum absolute atomic E-state index is 0.212. The number of carbonyl (C=O) groups excluding carboxylic acids is 3. The Labute approximate surface area is 205 Å². The van der Waals surface area contributed by atoms with Crippen LogP contribution in [-0.4, -0.2) is 42.8 Å². The number of esters is 1. The van der Waals surface area contributed by atoms with Gasteiger partial charge in [-0.2, -0.15) is 0 Å². The summed E-state index contributed by atoms with van der Waals surface area (Å²) in [6.07, 6.45) is 1.62. The standard InChI is InChI=1S/C21H17BrINO6S/c1-28-16-7-13(15(22)9-17(16)30-11-19(25)29-2)8-18-20(26)24(21(27)31-18)10-12-3-5-14(23)6-4-12/h3-9H,10-11H2,1-2H3/b18-8-. The van der Waals surface area contributed by atoms with E-state index in [2.05, 4.69) is 43.3 Å². The van der Waals surface area contributed by atoms with Gasteiger partial charge >= 0.3 is 5.97 Å². The molecule has 162 valence electrons. The minimum Gasteiger partial charge on any atom is -0.493 e. The maximum Gasteiger partial charge on any atom is 0.343 e. The third-order valence-electron chi connectivity index (χ3n) is 4.27. The lowest BCUT2D eigenvalue weighted by atomic mass is 10.1. The van der Waals surface area contributed by atoms with Gasteiger partial charge in [-0.05, 0) is 75.8 Å². The lowest BCUT2D eigenvalue weighted by Gasteiger charge is -2.13. The molecule has 2 aromatic carbocycles. The fourth-order valence-corrected chi connectivity index (χ4v) is 4.30. The summed E-state index contributed by atoms with van der Waals surface area (Å²) in [5.74, 6) is -0.172. The molecule has 1 aliphatic heterocycles. The molecule has 1 fully saturated rings. The molecule has 1 aliphatic rings. The van der Waals surface area contributed by atoms with Crippen LogP contribution in [0.15, 0.2) is 45.8 Å². The van der Waals surface area contributed by atoms with Gasteiger partial charge in [0.1, 0.15) is 0 Å². The van der Waals surface area contributed by atoms with E-state index in [0.717, 1.165) is 20.9 Å². The van der Waals surface area contributed by atoms with E-state index >= 15 is 0 Å². The number of imide groups is 1. The fourth-order valence-electron chi connectivity index (χ4n) is 2.68. The quantitative estimate of drug-likeness (QED) is 0.250. The van der Waals surface area contributed by atoms with E-state index < -0.39 is 5.97 Å². The molecule has 0 unspecified atom stereocenters. The van der Waals surface area contributed by atoms with Crippen LogP contribution in [0.5, 0.6) is 11.5 Å². The number of amides is 2. The number of halogens is 2. The molecule has 0 aromatic heterocycles. The summed E-state index contributed by atoms with van der Waals surface area (Å²) in [6, 6.07) is 10.9. The summed E-state index contributed by atoms with van der Waals surface area (Å²) in [5, 5.41) is -0.323. The second kappa shape index (κ2) is 10.5. The molecule has 0 spiro atoms. The summed E-state index contributed by atoms with van der Waals surface area (Å²) >= 11 is 6.52. The molecule has 2 amide bonds. The summed E-state index contributed by atoms with van der Waals surface area (Å²) in [4.78, 5) is 38.1. The van der Waals surface area contributed by atoms with Crippen molar-refractivity contribution in [3.8, 4) is 11.5 Å². The van der Waals surface area contributed by atoms with E-state index in [9.17, 15) is 14.4 Å². The number of thioether (sulfide) groups is 1. The van der Waals surface area contributed by atoms with Gasteiger partial charge in [-0.1, -0.05) is 28.1 Å². The number of hydrogen-bond donors (Lipinski definition) is 0. The van der Waals surface area contributed by atoms with Crippen LogP contribution in [0, 0.1) is 3.57 Å². The highest BCUT2D eigenvalue weighted by atomic mass is 127. The number of nitrogens with zero attached hydrogens (tertiary/aromatic N) is 1. The Balaban J connectivity index is 1.82. The molecule has 0 radical (unpaired) electrons. The first-order chi connectivity index (χ1) is 14.8. The Hall–Kier alpha value is -2.05. The Morgan fingerprint density at radius 2 is 1.87 bits per heavy atom. The van der Waals surface area contributed by atoms with E-state index in [1.54, 1.807) is 18.2 Å². The molecule has 7 nitrogen and oxygen atoms in total. The molecule has 0 saturated carbocycles. The maximum atomic E-state index is 12.8. The highest BCUT2D eigenvalue weighted by Crippen LogP contribution is 2.38. The third kappa shape index (κ3) is 5.80. The predicted octanol–water partition coefficient (Wildman–Crippen LogP) is 4.85. The minimum atomic E-state index is -0.524. The molecule has 0 aliphatic carbocycles. The summed E-state index contributed by atoms with van der Waals surface area (Å²) in [6.45, 7) is -0.0558. The van der Waals surface area contributed by atoms with Crippen molar-refractivity contribution < 1.29 is 28.6 Å². The molecule has 0 bridgehead atoms. The molecule has 31 heavy (non-hydrogen) atoms. The van der Waals surface area contributed by atoms with E-state index in [4.69, 9.17) is 9.47 Å². The lowest BCUT2D eigenvalue weighted by Crippen LogP contribution is -2.27. The van der Waals surface area contributed by atoms with Crippen molar-refractivity contribution >= 4 is 73.5 Å². The normalized spacial score (nSPS) is 14.8. The van der Waals surface area contributed by atoms with E-state index in [1.165, 1.54) is 19.1 Å². The van der Waals surface area contributed by atoms with Crippen LogP contribution < -0.4 is 9.47 Å². The van der Waals surface area contributed by atoms with Crippen molar-refractivity contribution in [2.45, 2.75) is 6.54 Å². The van der Waals surface area contributed by atoms with E-state index in [0.29, 0.717) is 26.4 Å². The maximum absolute atomic E-state index is 12.8. The number of benzene rings is 2. The fraction of sp³-hybridized carbons (Fsp3) is 0.190. The molecule has 3 rings (SSSR count). The van der Waals surface area contributed by atoms with E-state index in [1.807, 2.05) is 24.3 Å². The Bertz CT molecular complexity index is 1060. The molecule has 10 heteroatoms. The molecule has 0 N–H and O–H groups in total. The van der Waals surface area contributed by atoms with Crippen LogP contribution in [0.25, 0.3) is 6.08 Å². The first kappa shape index (κ1) is 23.6. The highest BCUT2D eigenvalue weighted by Gasteiger charge is 2.35. The highest BCUT2D eigenvalue weighted by molar-refractivity contribution is 14.1. The monoisotopic (exact) mass is 617 g/mol. The largest absolute Gasteiger partial charge is 0.493 e. The topological polar surface area (TPSA) is 82.1 Å². The average molecular weight is 618 g/mol. The summed E-state index contributed by atoms with van der Waals surface area (Å²) in [5.41, 5.74) is 1.50. The Morgan fingerprint density at radius 3 is 2.52 bits per heavy atom. The van der Waals surface area contributed by atoms with Crippen molar-refractivity contribution in [3.63, 3.8) is 0 Å². The number of methoxy groups -OCH3 is 2. The van der Waals surface area contributed by atoms with Crippen LogP contribution in [0.2, 0.25) is 0 Å². The number of hydrogen-bond acceptors (Lipinski definition) is 7. The van der Waals surface area contributed by atoms with Crippen molar-refractivity contribution in [1.82, 2.24) is 4.90 Å². The zero-order valence-electron chi connectivity index (χ0n) is 16.5. The van der Waals surface area contributed by atoms with Gasteiger partial charge in [0, 0.05) is 8.04 Å². The Kier molecular flexibility index (Phi) is 8.00. The van der Waals surface area contributed by atoms with Gasteiger partial charge in [-0.25, -0.2) is 4.79 Å². The first-order valence-electron chi connectivity index (χ1n) is 8.89. The summed E-state index contributed by atoms with van der Waals surface area (Å²) in [7, 11) is 2.74. The number of carbonyl (C=O) groups is 3. The predicted molar refractivity (Wildman–Crippen MR) is 129 cm³/mol. The van der Waals surface area contributed by atoms with Gasteiger partial charge in [0.05, 0.1) is 25.7 Å². The first-order valence-corrected chi connectivity index (χ1v) is 11.6. The van der Waals surface area contributed by atoms with Crippen LogP contribution >= 0.6 is 50.3 Å². The van der Waals surface area contributed by atoms with Crippen molar-refractivity contribution in [2.75, 3.05) is 20.8 Å². The average Bonchev–Trinajstić information content (AvgIpc) is 3.02. The van der Waals surface area contributed by atoms with Crippen molar-refractivity contribution in [3.05, 3.63) is 60.5 Å². The number of ether oxygens (including phenoxy) is 3. The summed E-state index contributed by atoms with van der Waals surface area (Å²) < 4.78 is 17.0. The van der Waals surface area contributed by atoms with Gasteiger partial charge in [-0.15, -0.1) is 0 Å². The molecule has 1 heterocycles. The molecule has 0 atom stereocenters.